The van der Waals surface area contributed by atoms with Crippen LogP contribution in [0.4, 0.5) is 10.2 Å². The van der Waals surface area contributed by atoms with Gasteiger partial charge in [-0.1, -0.05) is 30.3 Å². The number of halogens is 1. The molecule has 0 aliphatic carbocycles. The summed E-state index contributed by atoms with van der Waals surface area (Å²) in [4.78, 5) is 6.35. The van der Waals surface area contributed by atoms with Crippen molar-refractivity contribution in [2.45, 2.75) is 12.6 Å². The van der Waals surface area contributed by atoms with Crippen LogP contribution in [0, 0.1) is 0 Å². The smallest absolute Gasteiger partial charge is 0.129 e. The van der Waals surface area contributed by atoms with Crippen LogP contribution in [-0.4, -0.2) is 24.2 Å². The number of aromatic nitrogens is 1. The normalized spacial score (nSPS) is 19.2. The molecular formula is C15H15FN2. The van der Waals surface area contributed by atoms with Gasteiger partial charge in [0, 0.05) is 12.7 Å². The number of anilines is 1. The molecule has 3 rings (SSSR count). The van der Waals surface area contributed by atoms with Crippen LogP contribution in [-0.2, 0) is 0 Å². The summed E-state index contributed by atoms with van der Waals surface area (Å²) in [6.45, 7) is 1.22. The fourth-order valence-electron chi connectivity index (χ4n) is 2.33. The molecule has 2 aromatic rings. The van der Waals surface area contributed by atoms with Crippen LogP contribution >= 0.6 is 0 Å². The minimum atomic E-state index is -0.716. The quantitative estimate of drug-likeness (QED) is 0.803. The SMILES string of the molecule is FC1CCN(c2cc(-c3ccccc3)ccn2)C1. The van der Waals surface area contributed by atoms with E-state index in [1.807, 2.05) is 35.2 Å². The molecule has 3 heteroatoms. The molecule has 1 aliphatic heterocycles. The lowest BCUT2D eigenvalue weighted by atomic mass is 10.1. The van der Waals surface area contributed by atoms with Gasteiger partial charge in [0.25, 0.3) is 0 Å². The van der Waals surface area contributed by atoms with E-state index in [0.29, 0.717) is 13.0 Å². The van der Waals surface area contributed by atoms with Crippen molar-refractivity contribution in [2.75, 3.05) is 18.0 Å². The van der Waals surface area contributed by atoms with Gasteiger partial charge >= 0.3 is 0 Å². The molecule has 0 spiro atoms. The third-order valence-corrected chi connectivity index (χ3v) is 3.31. The summed E-state index contributed by atoms with van der Waals surface area (Å²) in [5, 5.41) is 0. The van der Waals surface area contributed by atoms with Gasteiger partial charge in [-0.3, -0.25) is 0 Å². The maximum Gasteiger partial charge on any atom is 0.129 e. The van der Waals surface area contributed by atoms with Gasteiger partial charge in [-0.05, 0) is 29.7 Å². The van der Waals surface area contributed by atoms with E-state index < -0.39 is 6.17 Å². The number of alkyl halides is 1. The number of pyridine rings is 1. The third-order valence-electron chi connectivity index (χ3n) is 3.31. The molecular weight excluding hydrogens is 227 g/mol. The van der Waals surface area contributed by atoms with Crippen LogP contribution in [0.5, 0.6) is 0 Å². The van der Waals surface area contributed by atoms with Crippen LogP contribution in [0.2, 0.25) is 0 Å². The predicted octanol–water partition coefficient (Wildman–Crippen LogP) is 3.30. The summed E-state index contributed by atoms with van der Waals surface area (Å²) < 4.78 is 13.2. The van der Waals surface area contributed by atoms with E-state index in [-0.39, 0.29) is 0 Å². The maximum absolute atomic E-state index is 13.2. The van der Waals surface area contributed by atoms with Crippen LogP contribution in [0.3, 0.4) is 0 Å². The minimum Gasteiger partial charge on any atom is -0.354 e. The zero-order chi connectivity index (χ0) is 12.4. The molecule has 0 N–H and O–H groups in total. The van der Waals surface area contributed by atoms with E-state index in [0.717, 1.165) is 23.5 Å². The van der Waals surface area contributed by atoms with Gasteiger partial charge < -0.3 is 4.90 Å². The molecule has 92 valence electrons. The van der Waals surface area contributed by atoms with Crippen molar-refractivity contribution >= 4 is 5.82 Å². The largest absolute Gasteiger partial charge is 0.354 e. The minimum absolute atomic E-state index is 0.464. The Kier molecular flexibility index (Phi) is 2.97. The topological polar surface area (TPSA) is 16.1 Å². The number of nitrogens with zero attached hydrogens (tertiary/aromatic N) is 2. The van der Waals surface area contributed by atoms with Gasteiger partial charge in [-0.2, -0.15) is 0 Å². The van der Waals surface area contributed by atoms with Gasteiger partial charge in [-0.25, -0.2) is 9.37 Å². The van der Waals surface area contributed by atoms with Gasteiger partial charge in [-0.15, -0.1) is 0 Å². The fourth-order valence-corrected chi connectivity index (χ4v) is 2.33. The van der Waals surface area contributed by atoms with Crippen LogP contribution in [0.25, 0.3) is 11.1 Å². The van der Waals surface area contributed by atoms with Gasteiger partial charge in [0.1, 0.15) is 12.0 Å². The first-order chi connectivity index (χ1) is 8.83. The van der Waals surface area contributed by atoms with Gasteiger partial charge in [0.2, 0.25) is 0 Å². The molecule has 2 heterocycles. The van der Waals surface area contributed by atoms with Crippen molar-refractivity contribution in [1.82, 2.24) is 4.98 Å². The highest BCUT2D eigenvalue weighted by atomic mass is 19.1. The van der Waals surface area contributed by atoms with Gasteiger partial charge in [0.05, 0.1) is 6.54 Å². The maximum atomic E-state index is 13.2. The first-order valence-electron chi connectivity index (χ1n) is 6.23. The summed E-state index contributed by atoms with van der Waals surface area (Å²) in [6, 6.07) is 14.2. The molecule has 1 atom stereocenters. The molecule has 0 bridgehead atoms. The summed E-state index contributed by atoms with van der Waals surface area (Å²) >= 11 is 0. The Morgan fingerprint density at radius 3 is 2.67 bits per heavy atom. The summed E-state index contributed by atoms with van der Waals surface area (Å²) in [7, 11) is 0. The molecule has 18 heavy (non-hydrogen) atoms. The second-order valence-corrected chi connectivity index (χ2v) is 4.60. The number of rotatable bonds is 2. The molecule has 0 amide bonds. The second kappa shape index (κ2) is 4.77. The Morgan fingerprint density at radius 2 is 1.94 bits per heavy atom. The lowest BCUT2D eigenvalue weighted by Gasteiger charge is -2.16. The molecule has 1 aromatic carbocycles. The zero-order valence-corrected chi connectivity index (χ0v) is 10.1. The van der Waals surface area contributed by atoms with Crippen LogP contribution in [0.15, 0.2) is 48.7 Å². The highest BCUT2D eigenvalue weighted by molar-refractivity contribution is 5.66. The molecule has 1 aliphatic rings. The van der Waals surface area contributed by atoms with E-state index in [4.69, 9.17) is 0 Å². The first kappa shape index (κ1) is 11.2. The highest BCUT2D eigenvalue weighted by Gasteiger charge is 2.22. The van der Waals surface area contributed by atoms with Crippen LogP contribution in [0.1, 0.15) is 6.42 Å². The van der Waals surface area contributed by atoms with Crippen molar-refractivity contribution in [3.05, 3.63) is 48.7 Å². The average molecular weight is 242 g/mol. The lowest BCUT2D eigenvalue weighted by Crippen LogP contribution is -2.20. The first-order valence-corrected chi connectivity index (χ1v) is 6.23. The Morgan fingerprint density at radius 1 is 1.11 bits per heavy atom. The fraction of sp³-hybridized carbons (Fsp3) is 0.267. The number of benzene rings is 1. The standard InChI is InChI=1S/C15H15FN2/c16-14-7-9-18(11-14)15-10-13(6-8-17-15)12-4-2-1-3-5-12/h1-6,8,10,14H,7,9,11H2. The van der Waals surface area contributed by atoms with Crippen LogP contribution < -0.4 is 4.90 Å². The number of hydrogen-bond donors (Lipinski definition) is 0. The van der Waals surface area contributed by atoms with Crippen molar-refractivity contribution < 1.29 is 4.39 Å². The average Bonchev–Trinajstić information content (AvgIpc) is 2.87. The second-order valence-electron chi connectivity index (χ2n) is 4.60. The third kappa shape index (κ3) is 2.21. The van der Waals surface area contributed by atoms with E-state index in [1.54, 1.807) is 6.20 Å². The van der Waals surface area contributed by atoms with Crippen molar-refractivity contribution in [2.24, 2.45) is 0 Å². The van der Waals surface area contributed by atoms with E-state index in [9.17, 15) is 4.39 Å². The molecule has 2 nitrogen and oxygen atoms in total. The monoisotopic (exact) mass is 242 g/mol. The summed E-state index contributed by atoms with van der Waals surface area (Å²) in [5.41, 5.74) is 2.29. The predicted molar refractivity (Wildman–Crippen MR) is 71.4 cm³/mol. The number of hydrogen-bond acceptors (Lipinski definition) is 2. The zero-order valence-electron chi connectivity index (χ0n) is 10.1. The van der Waals surface area contributed by atoms with Crippen molar-refractivity contribution in [1.29, 1.82) is 0 Å². The highest BCUT2D eigenvalue weighted by Crippen LogP contribution is 2.25. The van der Waals surface area contributed by atoms with E-state index >= 15 is 0 Å². The Balaban J connectivity index is 1.90. The Hall–Kier alpha value is -1.90. The molecule has 1 fully saturated rings. The lowest BCUT2D eigenvalue weighted by molar-refractivity contribution is 0.364. The van der Waals surface area contributed by atoms with Crippen molar-refractivity contribution in [3.63, 3.8) is 0 Å². The molecule has 1 aromatic heterocycles. The van der Waals surface area contributed by atoms with Gasteiger partial charge in [0.15, 0.2) is 0 Å². The van der Waals surface area contributed by atoms with E-state index in [1.165, 1.54) is 0 Å². The molecule has 0 saturated carbocycles. The summed E-state index contributed by atoms with van der Waals surface area (Å²) in [5.74, 6) is 0.872. The Bertz CT molecular complexity index is 527. The van der Waals surface area contributed by atoms with Crippen molar-refractivity contribution in [3.8, 4) is 11.1 Å². The molecule has 0 radical (unpaired) electrons. The summed E-state index contributed by atoms with van der Waals surface area (Å²) in [6.07, 6.45) is 1.69. The molecule has 1 saturated heterocycles. The van der Waals surface area contributed by atoms with E-state index in [2.05, 4.69) is 17.1 Å². The Labute approximate surface area is 106 Å². The molecule has 1 unspecified atom stereocenters.